The van der Waals surface area contributed by atoms with E-state index < -0.39 is 23.8 Å². The van der Waals surface area contributed by atoms with E-state index in [9.17, 15) is 13.6 Å². The Kier molecular flexibility index (Phi) is 9.46. The number of methoxy groups -OCH3 is 2. The van der Waals surface area contributed by atoms with Gasteiger partial charge in [-0.25, -0.2) is 13.2 Å². The molecule has 0 radical (unpaired) electrons. The summed E-state index contributed by atoms with van der Waals surface area (Å²) in [6.45, 7) is 5.68. The Morgan fingerprint density at radius 2 is 1.88 bits per heavy atom. The number of aliphatic carboxylic acids is 1. The average Bonchev–Trinajstić information content (AvgIpc) is 3.35. The number of carbonyl (C=O) groups is 1. The van der Waals surface area contributed by atoms with Gasteiger partial charge in [0.2, 0.25) is 0 Å². The number of ether oxygens (including phenoxy) is 3. The van der Waals surface area contributed by atoms with Crippen LogP contribution in [0.4, 0.5) is 24.5 Å². The molecule has 224 valence electrons. The Morgan fingerprint density at radius 1 is 1.14 bits per heavy atom. The van der Waals surface area contributed by atoms with Gasteiger partial charge in [0.05, 0.1) is 32.4 Å². The predicted octanol–water partition coefficient (Wildman–Crippen LogP) is 7.58. The number of benzene rings is 3. The van der Waals surface area contributed by atoms with Crippen LogP contribution in [0.25, 0.3) is 0 Å². The Bertz CT molecular complexity index is 1480. The summed E-state index contributed by atoms with van der Waals surface area (Å²) in [5.74, 6) is -3.70. The van der Waals surface area contributed by atoms with Gasteiger partial charge >= 0.3 is 5.97 Å². The lowest BCUT2D eigenvalue weighted by molar-refractivity contribution is -0.137. The fourth-order valence-corrected chi connectivity index (χ4v) is 5.05. The van der Waals surface area contributed by atoms with Gasteiger partial charge in [0, 0.05) is 65.7 Å². The number of hydrogen-bond acceptors (Lipinski definition) is 6. The van der Waals surface area contributed by atoms with E-state index >= 15 is 4.39 Å². The molecule has 0 saturated carbocycles. The molecule has 0 aromatic heterocycles. The van der Waals surface area contributed by atoms with Crippen molar-refractivity contribution < 1.29 is 37.3 Å². The zero-order valence-corrected chi connectivity index (χ0v) is 24.2. The van der Waals surface area contributed by atoms with Crippen LogP contribution < -0.4 is 24.4 Å². The first-order valence-corrected chi connectivity index (χ1v) is 13.6. The fourth-order valence-electron chi connectivity index (χ4n) is 4.89. The van der Waals surface area contributed by atoms with E-state index in [0.717, 1.165) is 12.5 Å². The summed E-state index contributed by atoms with van der Waals surface area (Å²) in [5, 5.41) is 12.4. The fraction of sp³-hybridized carbons (Fsp3) is 0.323. The third-order valence-corrected chi connectivity index (χ3v) is 7.19. The maximum atomic E-state index is 15.4. The third kappa shape index (κ3) is 7.05. The lowest BCUT2D eigenvalue weighted by Gasteiger charge is -2.31. The minimum atomic E-state index is -3.16. The molecule has 11 heteroatoms. The molecule has 0 bridgehead atoms. The van der Waals surface area contributed by atoms with Crippen LogP contribution in [0, 0.1) is 5.82 Å². The monoisotopic (exact) mass is 604 g/mol. The van der Waals surface area contributed by atoms with E-state index in [1.165, 1.54) is 26.4 Å². The van der Waals surface area contributed by atoms with Gasteiger partial charge in [-0.1, -0.05) is 24.2 Å². The maximum absolute atomic E-state index is 15.4. The lowest BCUT2D eigenvalue weighted by Crippen LogP contribution is -2.28. The first-order valence-electron chi connectivity index (χ1n) is 13.2. The van der Waals surface area contributed by atoms with Gasteiger partial charge in [0.25, 0.3) is 5.92 Å². The minimum Gasteiger partial charge on any atom is -0.497 e. The lowest BCUT2D eigenvalue weighted by atomic mass is 10.0. The van der Waals surface area contributed by atoms with Crippen LogP contribution >= 0.6 is 11.6 Å². The van der Waals surface area contributed by atoms with E-state index in [2.05, 4.69) is 11.9 Å². The number of anilines is 2. The van der Waals surface area contributed by atoms with Gasteiger partial charge in [-0.2, -0.15) is 0 Å². The molecule has 1 aliphatic heterocycles. The van der Waals surface area contributed by atoms with Crippen molar-refractivity contribution in [3.63, 3.8) is 0 Å². The SMILES string of the molecule is C=C(C(Nc1cc(OC)cc(OCCCC(=O)O)c1)c1ccc(Cl)cc1F)N1CCc2cc(OC)c(C(C)(F)F)cc21. The summed E-state index contributed by atoms with van der Waals surface area (Å²) in [5.41, 5.74) is 2.22. The molecule has 3 aromatic carbocycles. The number of carboxylic acids is 1. The first kappa shape index (κ1) is 30.9. The number of carboxylic acid groups (broad SMARTS) is 1. The molecule has 7 nitrogen and oxygen atoms in total. The summed E-state index contributed by atoms with van der Waals surface area (Å²) in [6.07, 6.45) is 0.813. The van der Waals surface area contributed by atoms with Crippen LogP contribution in [0.15, 0.2) is 60.8 Å². The molecule has 2 N–H and O–H groups in total. The van der Waals surface area contributed by atoms with Gasteiger partial charge in [0.15, 0.2) is 0 Å². The summed E-state index contributed by atoms with van der Waals surface area (Å²) in [6, 6.07) is 11.5. The van der Waals surface area contributed by atoms with Gasteiger partial charge in [-0.3, -0.25) is 4.79 Å². The van der Waals surface area contributed by atoms with E-state index in [-0.39, 0.29) is 34.9 Å². The molecule has 3 aromatic rings. The van der Waals surface area contributed by atoms with Crippen molar-refractivity contribution in [1.29, 1.82) is 0 Å². The Hall–Kier alpha value is -4.05. The standard InChI is InChI=1S/C31H32ClF3N2O5/c1-18(37-10-9-19-12-28(41-4)25(17-27(19)37)31(2,34)35)30(24-8-7-20(32)13-26(24)33)36-21-14-22(40-3)16-23(15-21)42-11-5-6-29(38)39/h7-8,12-17,30,36H,1,5-6,9-11H2,2-4H3,(H,38,39). The molecule has 1 aliphatic rings. The van der Waals surface area contributed by atoms with E-state index in [4.69, 9.17) is 30.9 Å². The van der Waals surface area contributed by atoms with Crippen LogP contribution in [-0.4, -0.2) is 38.4 Å². The Labute approximate surface area is 247 Å². The highest BCUT2D eigenvalue weighted by molar-refractivity contribution is 6.30. The molecule has 4 rings (SSSR count). The maximum Gasteiger partial charge on any atom is 0.303 e. The Balaban J connectivity index is 1.72. The number of alkyl halides is 2. The third-order valence-electron chi connectivity index (χ3n) is 6.95. The van der Waals surface area contributed by atoms with E-state index in [1.807, 2.05) is 0 Å². The topological polar surface area (TPSA) is 80.3 Å². The van der Waals surface area contributed by atoms with Gasteiger partial charge in [-0.15, -0.1) is 0 Å². The highest BCUT2D eigenvalue weighted by Crippen LogP contribution is 2.44. The molecule has 1 unspecified atom stereocenters. The van der Waals surface area contributed by atoms with Crippen molar-refractivity contribution in [3.05, 3.63) is 88.3 Å². The summed E-state index contributed by atoms with van der Waals surface area (Å²) < 4.78 is 60.8. The smallest absolute Gasteiger partial charge is 0.303 e. The molecule has 0 saturated heterocycles. The number of halogens is 4. The van der Waals surface area contributed by atoms with E-state index in [1.54, 1.807) is 41.3 Å². The van der Waals surface area contributed by atoms with Gasteiger partial charge in [0.1, 0.15) is 23.1 Å². The molecule has 0 amide bonds. The van der Waals surface area contributed by atoms with Crippen molar-refractivity contribution >= 4 is 28.9 Å². The van der Waals surface area contributed by atoms with Gasteiger partial charge < -0.3 is 29.5 Å². The van der Waals surface area contributed by atoms with Crippen LogP contribution in [0.5, 0.6) is 17.2 Å². The van der Waals surface area contributed by atoms with Crippen LogP contribution in [0.1, 0.15) is 42.5 Å². The summed E-state index contributed by atoms with van der Waals surface area (Å²) in [7, 11) is 2.84. The normalized spacial score (nSPS) is 13.4. The zero-order chi connectivity index (χ0) is 30.6. The highest BCUT2D eigenvalue weighted by atomic mass is 35.5. The quantitative estimate of drug-likeness (QED) is 0.195. The largest absolute Gasteiger partial charge is 0.497 e. The van der Waals surface area contributed by atoms with Crippen molar-refractivity contribution in [2.24, 2.45) is 0 Å². The second kappa shape index (κ2) is 12.9. The number of nitrogens with zero attached hydrogens (tertiary/aromatic N) is 1. The second-order valence-corrected chi connectivity index (χ2v) is 10.4. The average molecular weight is 605 g/mol. The van der Waals surface area contributed by atoms with Crippen molar-refractivity contribution in [2.45, 2.75) is 38.2 Å². The van der Waals surface area contributed by atoms with Gasteiger partial charge in [-0.05, 0) is 42.7 Å². The number of nitrogens with one attached hydrogen (secondary N) is 1. The molecular weight excluding hydrogens is 573 g/mol. The van der Waals surface area contributed by atoms with Crippen molar-refractivity contribution in [1.82, 2.24) is 0 Å². The molecule has 0 aliphatic carbocycles. The number of rotatable bonds is 13. The minimum absolute atomic E-state index is 0.0400. The molecule has 1 heterocycles. The Morgan fingerprint density at radius 3 is 2.52 bits per heavy atom. The molecule has 0 spiro atoms. The highest BCUT2D eigenvalue weighted by Gasteiger charge is 2.34. The van der Waals surface area contributed by atoms with Crippen LogP contribution in [0.2, 0.25) is 5.02 Å². The second-order valence-electron chi connectivity index (χ2n) is 9.95. The first-order chi connectivity index (χ1) is 19.9. The number of fused-ring (bicyclic) bond motifs is 1. The van der Waals surface area contributed by atoms with Crippen molar-refractivity contribution in [2.75, 3.05) is 37.6 Å². The molecule has 0 fully saturated rings. The number of hydrogen-bond donors (Lipinski definition) is 2. The predicted molar refractivity (Wildman–Crippen MR) is 156 cm³/mol. The molecular formula is C31H32ClF3N2O5. The molecule has 42 heavy (non-hydrogen) atoms. The summed E-state index contributed by atoms with van der Waals surface area (Å²) >= 11 is 6.04. The zero-order valence-electron chi connectivity index (χ0n) is 23.5. The van der Waals surface area contributed by atoms with Crippen LogP contribution in [0.3, 0.4) is 0 Å². The van der Waals surface area contributed by atoms with Crippen LogP contribution in [-0.2, 0) is 17.1 Å². The molecule has 1 atom stereocenters. The van der Waals surface area contributed by atoms with Crippen molar-refractivity contribution in [3.8, 4) is 17.2 Å². The summed E-state index contributed by atoms with van der Waals surface area (Å²) in [4.78, 5) is 12.6. The van der Waals surface area contributed by atoms with E-state index in [0.29, 0.717) is 48.0 Å².